The molecule has 0 fully saturated rings. The van der Waals surface area contributed by atoms with Crippen LogP contribution in [0.1, 0.15) is 126 Å². The summed E-state index contributed by atoms with van der Waals surface area (Å²) in [6.07, 6.45) is 21.8. The zero-order valence-electron chi connectivity index (χ0n) is 21.8. The van der Waals surface area contributed by atoms with E-state index in [1.54, 1.807) is 0 Å². The maximum atomic E-state index is 11.3. The number of phenols is 1. The van der Waals surface area contributed by atoms with Crippen LogP contribution in [0.5, 0.6) is 5.75 Å². The van der Waals surface area contributed by atoms with Crippen LogP contribution < -0.4 is 0 Å². The van der Waals surface area contributed by atoms with Crippen molar-refractivity contribution < 1.29 is 15.0 Å². The number of carbonyl (C=O) groups is 1. The minimum atomic E-state index is -0.676. The van der Waals surface area contributed by atoms with Gasteiger partial charge in [0.1, 0.15) is 5.75 Å². The van der Waals surface area contributed by atoms with Crippen molar-refractivity contribution in [2.24, 2.45) is 0 Å². The molecule has 0 heterocycles. The molecule has 0 aliphatic rings. The maximum Gasteiger partial charge on any atom is 0.311 e. The molecule has 0 radical (unpaired) electrons. The number of aryl methyl sites for hydroxylation is 2. The van der Waals surface area contributed by atoms with E-state index < -0.39 is 16.9 Å². The van der Waals surface area contributed by atoms with Crippen LogP contribution in [0.3, 0.4) is 0 Å². The Kier molecular flexibility index (Phi) is 17.4. The minimum absolute atomic E-state index is 0.299. The van der Waals surface area contributed by atoms with Gasteiger partial charge < -0.3 is 10.2 Å². The van der Waals surface area contributed by atoms with Gasteiger partial charge in [-0.25, -0.2) is 10.9 Å². The highest BCUT2D eigenvalue weighted by Gasteiger charge is 2.12. The number of thiol groups is 1. The van der Waals surface area contributed by atoms with E-state index in [9.17, 15) is 15.0 Å². The molecule has 0 aliphatic heterocycles. The summed E-state index contributed by atoms with van der Waals surface area (Å²) in [7, 11) is -0.535. The van der Waals surface area contributed by atoms with E-state index in [0.717, 1.165) is 29.1 Å². The van der Waals surface area contributed by atoms with Crippen molar-refractivity contribution >= 4 is 16.9 Å². The molecule has 3 nitrogen and oxygen atoms in total. The third-order valence-corrected chi connectivity index (χ3v) is 9.12. The highest BCUT2D eigenvalue weighted by atomic mass is 32.2. The number of benzene rings is 1. The Labute approximate surface area is 207 Å². The van der Waals surface area contributed by atoms with E-state index >= 15 is 0 Å². The van der Waals surface area contributed by atoms with Gasteiger partial charge in [0.15, 0.2) is 0 Å². The van der Waals surface area contributed by atoms with Crippen LogP contribution in [-0.4, -0.2) is 27.7 Å². The molecule has 0 spiro atoms. The molecule has 0 saturated heterocycles. The van der Waals surface area contributed by atoms with Gasteiger partial charge in [0.05, 0.1) is 5.75 Å². The number of phenolic OH excluding ortho intramolecular Hbond substituents is 1. The summed E-state index contributed by atoms with van der Waals surface area (Å²) in [6, 6.07) is 4.04. The lowest BCUT2D eigenvalue weighted by atomic mass is 10.0. The quantitative estimate of drug-likeness (QED) is 0.122. The molecule has 192 valence electrons. The fourth-order valence-electron chi connectivity index (χ4n) is 4.68. The lowest BCUT2D eigenvalue weighted by Gasteiger charge is -2.20. The molecule has 0 amide bonds. The standard InChI is InChI=1S/C29H52O3S/c1-4-5-6-7-8-9-10-11-12-13-14-15-16-17-18-19-20-33(24-28(30)31)23-27-21-25(2)29(32)26(3)22-27/h21-22,32-33H,4-20,23-24H2,1-3H3,(H,30,31). The van der Waals surface area contributed by atoms with E-state index in [4.69, 9.17) is 0 Å². The zero-order valence-corrected chi connectivity index (χ0v) is 22.7. The SMILES string of the molecule is CCCCCCCCCCCCCCCCCC[SH](CC(=O)O)Cc1cc(C)c(O)c(C)c1. The van der Waals surface area contributed by atoms with Crippen molar-refractivity contribution in [1.82, 2.24) is 0 Å². The van der Waals surface area contributed by atoms with Gasteiger partial charge >= 0.3 is 5.97 Å². The van der Waals surface area contributed by atoms with Crippen molar-refractivity contribution in [3.63, 3.8) is 0 Å². The third kappa shape index (κ3) is 15.4. The van der Waals surface area contributed by atoms with Gasteiger partial charge in [-0.1, -0.05) is 115 Å². The Morgan fingerprint density at radius 2 is 1.12 bits per heavy atom. The van der Waals surface area contributed by atoms with E-state index in [0.29, 0.717) is 11.5 Å². The van der Waals surface area contributed by atoms with Crippen LogP contribution in [0.4, 0.5) is 0 Å². The van der Waals surface area contributed by atoms with Gasteiger partial charge in [0.25, 0.3) is 0 Å². The van der Waals surface area contributed by atoms with Gasteiger partial charge in [0, 0.05) is 5.75 Å². The molecule has 33 heavy (non-hydrogen) atoms. The molecule has 0 bridgehead atoms. The topological polar surface area (TPSA) is 57.5 Å². The molecular weight excluding hydrogens is 428 g/mol. The fourth-order valence-corrected chi connectivity index (χ4v) is 6.86. The van der Waals surface area contributed by atoms with Crippen LogP contribution in [0, 0.1) is 13.8 Å². The van der Waals surface area contributed by atoms with Gasteiger partial charge in [-0.15, -0.1) is 0 Å². The average molecular weight is 481 g/mol. The van der Waals surface area contributed by atoms with E-state index in [2.05, 4.69) is 6.92 Å². The Balaban J connectivity index is 2.07. The van der Waals surface area contributed by atoms with E-state index in [-0.39, 0.29) is 0 Å². The Bertz CT molecular complexity index is 621. The van der Waals surface area contributed by atoms with Crippen LogP contribution in [0.25, 0.3) is 0 Å². The Hall–Kier alpha value is -1.16. The largest absolute Gasteiger partial charge is 0.507 e. The molecule has 1 aromatic carbocycles. The zero-order chi connectivity index (χ0) is 24.3. The van der Waals surface area contributed by atoms with Crippen molar-refractivity contribution in [3.05, 3.63) is 28.8 Å². The first kappa shape index (κ1) is 29.9. The van der Waals surface area contributed by atoms with Crippen LogP contribution in [-0.2, 0) is 10.5 Å². The van der Waals surface area contributed by atoms with Crippen molar-refractivity contribution in [2.45, 2.75) is 129 Å². The van der Waals surface area contributed by atoms with Gasteiger partial charge in [0.2, 0.25) is 0 Å². The summed E-state index contributed by atoms with van der Waals surface area (Å²) < 4.78 is 0. The van der Waals surface area contributed by atoms with Gasteiger partial charge in [-0.05, 0) is 42.7 Å². The maximum absolute atomic E-state index is 11.3. The van der Waals surface area contributed by atoms with Crippen molar-refractivity contribution in [3.8, 4) is 5.75 Å². The molecule has 0 aromatic heterocycles. The van der Waals surface area contributed by atoms with Gasteiger partial charge in [-0.3, -0.25) is 4.79 Å². The molecule has 4 heteroatoms. The fraction of sp³-hybridized carbons (Fsp3) is 0.759. The van der Waals surface area contributed by atoms with Crippen LogP contribution in [0.15, 0.2) is 12.1 Å². The number of carboxylic acids is 1. The second-order valence-electron chi connectivity index (χ2n) is 9.99. The molecule has 2 N–H and O–H groups in total. The van der Waals surface area contributed by atoms with Gasteiger partial charge in [-0.2, -0.15) is 0 Å². The summed E-state index contributed by atoms with van der Waals surface area (Å²) in [4.78, 5) is 11.3. The summed E-state index contributed by atoms with van der Waals surface area (Å²) in [5.74, 6) is 1.87. The monoisotopic (exact) mass is 480 g/mol. The smallest absolute Gasteiger partial charge is 0.311 e. The number of hydrogen-bond donors (Lipinski definition) is 3. The third-order valence-electron chi connectivity index (χ3n) is 6.64. The predicted molar refractivity (Wildman–Crippen MR) is 147 cm³/mol. The molecule has 1 aromatic rings. The highest BCUT2D eigenvalue weighted by molar-refractivity contribution is 8.16. The molecule has 1 rings (SSSR count). The number of unbranched alkanes of at least 4 members (excludes halogenated alkanes) is 15. The second-order valence-corrected chi connectivity index (χ2v) is 12.4. The summed E-state index contributed by atoms with van der Waals surface area (Å²) >= 11 is 0. The number of carboxylic acid groups (broad SMARTS) is 1. The molecular formula is C29H52O3S. The van der Waals surface area contributed by atoms with Crippen LogP contribution >= 0.6 is 10.9 Å². The minimum Gasteiger partial charge on any atom is -0.507 e. The number of rotatable bonds is 21. The average Bonchev–Trinajstić information content (AvgIpc) is 2.76. The van der Waals surface area contributed by atoms with E-state index in [1.807, 2.05) is 26.0 Å². The first-order valence-corrected chi connectivity index (χ1v) is 15.6. The number of aliphatic carboxylic acids is 1. The summed E-state index contributed by atoms with van der Waals surface area (Å²) in [6.45, 7) is 6.11. The first-order chi connectivity index (χ1) is 15.9. The lowest BCUT2D eigenvalue weighted by molar-refractivity contribution is -0.133. The lowest BCUT2D eigenvalue weighted by Crippen LogP contribution is -2.08. The van der Waals surface area contributed by atoms with Crippen LogP contribution in [0.2, 0.25) is 0 Å². The molecule has 1 atom stereocenters. The molecule has 0 saturated carbocycles. The predicted octanol–water partition coefficient (Wildman–Crippen LogP) is 8.86. The first-order valence-electron chi connectivity index (χ1n) is 13.7. The highest BCUT2D eigenvalue weighted by Crippen LogP contribution is 2.34. The number of hydrogen-bond acceptors (Lipinski definition) is 2. The van der Waals surface area contributed by atoms with Crippen molar-refractivity contribution in [1.29, 1.82) is 0 Å². The second kappa shape index (κ2) is 19.2. The summed E-state index contributed by atoms with van der Waals surface area (Å²) in [5, 5.41) is 19.3. The Morgan fingerprint density at radius 1 is 0.727 bits per heavy atom. The normalized spacial score (nSPS) is 12.8. The van der Waals surface area contributed by atoms with Crippen molar-refractivity contribution in [2.75, 3.05) is 11.5 Å². The Morgan fingerprint density at radius 3 is 1.52 bits per heavy atom. The van der Waals surface area contributed by atoms with E-state index in [1.165, 1.54) is 102 Å². The summed E-state index contributed by atoms with van der Waals surface area (Å²) in [5.41, 5.74) is 2.95. The molecule has 0 aliphatic carbocycles. The molecule has 1 unspecified atom stereocenters. The number of aromatic hydroxyl groups is 1.